The van der Waals surface area contributed by atoms with Crippen molar-refractivity contribution in [3.63, 3.8) is 0 Å². The molecule has 0 bridgehead atoms. The summed E-state index contributed by atoms with van der Waals surface area (Å²) in [6.45, 7) is 12.0. The first kappa shape index (κ1) is 23.0. The van der Waals surface area contributed by atoms with Crippen LogP contribution in [0, 0.1) is 19.4 Å². The molecule has 1 aliphatic heterocycles. The van der Waals surface area contributed by atoms with Crippen molar-refractivity contribution in [3.8, 4) is 28.4 Å². The Morgan fingerprint density at radius 2 is 1.97 bits per heavy atom. The molecular weight excluding hydrogens is 438 g/mol. The minimum Gasteiger partial charge on any atom is -0.475 e. The number of hydrogen-bond acceptors (Lipinski definition) is 5. The molecule has 0 amide bonds. The SMILES string of the molecule is [C-]#[N+]c1ccc(-c2nc(OC[C@@H]3CCCN(C)C3)c3nccn3c2-c2ccc(C)c(CO)c2)cc1. The number of likely N-dealkylation sites (tertiary alicyclic amines) is 1. The van der Waals surface area contributed by atoms with E-state index in [2.05, 4.69) is 21.8 Å². The van der Waals surface area contributed by atoms with Crippen molar-refractivity contribution in [3.05, 3.63) is 77.4 Å². The molecule has 35 heavy (non-hydrogen) atoms. The summed E-state index contributed by atoms with van der Waals surface area (Å²) in [7, 11) is 2.15. The van der Waals surface area contributed by atoms with Crippen LogP contribution in [-0.2, 0) is 6.61 Å². The number of rotatable bonds is 6. The van der Waals surface area contributed by atoms with Gasteiger partial charge in [0.15, 0.2) is 5.69 Å². The normalized spacial score (nSPS) is 16.3. The second-order valence-electron chi connectivity index (χ2n) is 9.27. The van der Waals surface area contributed by atoms with E-state index in [1.807, 2.05) is 47.9 Å². The van der Waals surface area contributed by atoms with E-state index < -0.39 is 0 Å². The summed E-state index contributed by atoms with van der Waals surface area (Å²) in [5, 5.41) is 9.88. The van der Waals surface area contributed by atoms with Crippen LogP contribution in [0.4, 0.5) is 5.69 Å². The van der Waals surface area contributed by atoms with E-state index in [0.29, 0.717) is 29.7 Å². The van der Waals surface area contributed by atoms with Gasteiger partial charge in [0, 0.05) is 30.4 Å². The molecule has 1 fully saturated rings. The molecule has 1 saturated heterocycles. The van der Waals surface area contributed by atoms with Crippen LogP contribution in [0.25, 0.3) is 33.0 Å². The number of aromatic nitrogens is 3. The fourth-order valence-electron chi connectivity index (χ4n) is 4.82. The Bertz CT molecular complexity index is 1390. The van der Waals surface area contributed by atoms with Crippen LogP contribution in [0.2, 0.25) is 0 Å². The molecule has 0 unspecified atom stereocenters. The molecule has 2 aromatic carbocycles. The van der Waals surface area contributed by atoms with Crippen LogP contribution >= 0.6 is 0 Å². The number of benzene rings is 2. The molecule has 1 N–H and O–H groups in total. The highest BCUT2D eigenvalue weighted by atomic mass is 16.5. The molecular formula is C28H29N5O2. The van der Waals surface area contributed by atoms with Gasteiger partial charge in [0.05, 0.1) is 31.2 Å². The molecule has 7 heteroatoms. The molecule has 5 rings (SSSR count). The van der Waals surface area contributed by atoms with Crippen LogP contribution in [0.1, 0.15) is 24.0 Å². The highest BCUT2D eigenvalue weighted by Crippen LogP contribution is 2.36. The lowest BCUT2D eigenvalue weighted by atomic mass is 9.99. The molecule has 178 valence electrons. The zero-order valence-electron chi connectivity index (χ0n) is 20.1. The van der Waals surface area contributed by atoms with Crippen molar-refractivity contribution in [1.82, 2.24) is 19.3 Å². The van der Waals surface area contributed by atoms with Crippen molar-refractivity contribution in [2.75, 3.05) is 26.7 Å². The molecule has 4 aromatic rings. The molecule has 0 spiro atoms. The lowest BCUT2D eigenvalue weighted by Crippen LogP contribution is -2.34. The van der Waals surface area contributed by atoms with Crippen molar-refractivity contribution >= 4 is 11.3 Å². The second kappa shape index (κ2) is 9.87. The predicted octanol–water partition coefficient (Wildman–Crippen LogP) is 5.14. The third-order valence-corrected chi connectivity index (χ3v) is 6.75. The van der Waals surface area contributed by atoms with Crippen LogP contribution in [-0.4, -0.2) is 51.1 Å². The fraction of sp³-hybridized carbons (Fsp3) is 0.321. The van der Waals surface area contributed by atoms with E-state index in [1.165, 1.54) is 6.42 Å². The van der Waals surface area contributed by atoms with Crippen molar-refractivity contribution in [2.24, 2.45) is 5.92 Å². The summed E-state index contributed by atoms with van der Waals surface area (Å²) in [5.41, 5.74) is 6.57. The first-order valence-corrected chi connectivity index (χ1v) is 11.9. The Balaban J connectivity index is 1.64. The predicted molar refractivity (Wildman–Crippen MR) is 136 cm³/mol. The number of aryl methyl sites for hydroxylation is 1. The van der Waals surface area contributed by atoms with Gasteiger partial charge in [-0.1, -0.05) is 36.4 Å². The zero-order valence-corrected chi connectivity index (χ0v) is 20.1. The number of hydrogen-bond donors (Lipinski definition) is 1. The second-order valence-corrected chi connectivity index (χ2v) is 9.27. The highest BCUT2D eigenvalue weighted by molar-refractivity contribution is 5.82. The number of nitrogens with zero attached hydrogens (tertiary/aromatic N) is 5. The van der Waals surface area contributed by atoms with E-state index in [0.717, 1.165) is 53.2 Å². The first-order valence-electron chi connectivity index (χ1n) is 11.9. The van der Waals surface area contributed by atoms with Gasteiger partial charge in [-0.3, -0.25) is 4.40 Å². The summed E-state index contributed by atoms with van der Waals surface area (Å²) >= 11 is 0. The fourth-order valence-corrected chi connectivity index (χ4v) is 4.82. The Labute approximate surface area is 205 Å². The third kappa shape index (κ3) is 4.63. The van der Waals surface area contributed by atoms with E-state index in [4.69, 9.17) is 16.3 Å². The van der Waals surface area contributed by atoms with Crippen LogP contribution < -0.4 is 4.74 Å². The van der Waals surface area contributed by atoms with Crippen LogP contribution in [0.3, 0.4) is 0 Å². The zero-order chi connectivity index (χ0) is 24.4. The summed E-state index contributed by atoms with van der Waals surface area (Å²) in [5.74, 6) is 0.960. The van der Waals surface area contributed by atoms with Gasteiger partial charge < -0.3 is 14.7 Å². The van der Waals surface area contributed by atoms with Gasteiger partial charge in [0.2, 0.25) is 5.65 Å². The van der Waals surface area contributed by atoms with Gasteiger partial charge in [-0.05, 0) is 56.1 Å². The van der Waals surface area contributed by atoms with Crippen molar-refractivity contribution in [1.29, 1.82) is 0 Å². The Morgan fingerprint density at radius 3 is 2.71 bits per heavy atom. The van der Waals surface area contributed by atoms with Crippen LogP contribution in [0.5, 0.6) is 5.88 Å². The van der Waals surface area contributed by atoms with Gasteiger partial charge in [0.1, 0.15) is 0 Å². The molecule has 3 heterocycles. The molecule has 1 atom stereocenters. The molecule has 1 aliphatic rings. The van der Waals surface area contributed by atoms with Crippen LogP contribution in [0.15, 0.2) is 54.9 Å². The molecule has 7 nitrogen and oxygen atoms in total. The van der Waals surface area contributed by atoms with E-state index in [1.54, 1.807) is 18.3 Å². The molecule has 2 aromatic heterocycles. The van der Waals surface area contributed by atoms with Gasteiger partial charge in [0.25, 0.3) is 5.88 Å². The van der Waals surface area contributed by atoms with Gasteiger partial charge >= 0.3 is 0 Å². The number of aliphatic hydroxyl groups is 1. The lowest BCUT2D eigenvalue weighted by Gasteiger charge is -2.29. The van der Waals surface area contributed by atoms with Gasteiger partial charge in [-0.15, -0.1) is 0 Å². The average molecular weight is 468 g/mol. The van der Waals surface area contributed by atoms with E-state index >= 15 is 0 Å². The standard InChI is InChI=1S/C28H29N5O2/c1-19-6-7-22(15-23(19)17-34)26-25(21-8-10-24(29-2)11-9-21)31-28(27-30-12-14-33(26)27)35-18-20-5-4-13-32(3)16-20/h6-12,14-15,20,34H,4-5,13,16-18H2,1,3H3/t20-/m1/s1. The molecule has 0 radical (unpaired) electrons. The minimum atomic E-state index is -0.0355. The topological polar surface area (TPSA) is 67.2 Å². The maximum Gasteiger partial charge on any atom is 0.259 e. The maximum absolute atomic E-state index is 9.88. The van der Waals surface area contributed by atoms with Gasteiger partial charge in [-0.2, -0.15) is 0 Å². The summed E-state index contributed by atoms with van der Waals surface area (Å²) in [6.07, 6.45) is 6.00. The third-order valence-electron chi connectivity index (χ3n) is 6.75. The smallest absolute Gasteiger partial charge is 0.259 e. The average Bonchev–Trinajstić information content (AvgIpc) is 3.37. The summed E-state index contributed by atoms with van der Waals surface area (Å²) in [6, 6.07) is 13.5. The van der Waals surface area contributed by atoms with Gasteiger partial charge in [-0.25, -0.2) is 14.8 Å². The first-order chi connectivity index (χ1) is 17.1. The number of ether oxygens (including phenoxy) is 1. The Kier molecular flexibility index (Phi) is 6.49. The van der Waals surface area contributed by atoms with E-state index in [9.17, 15) is 5.11 Å². The lowest BCUT2D eigenvalue weighted by molar-refractivity contribution is 0.148. The number of imidazole rings is 1. The Morgan fingerprint density at radius 1 is 1.17 bits per heavy atom. The van der Waals surface area contributed by atoms with Crippen molar-refractivity contribution in [2.45, 2.75) is 26.4 Å². The number of aliphatic hydroxyl groups excluding tert-OH is 1. The highest BCUT2D eigenvalue weighted by Gasteiger charge is 2.22. The minimum absolute atomic E-state index is 0.0355. The monoisotopic (exact) mass is 467 g/mol. The quantitative estimate of drug-likeness (QED) is 0.398. The molecule has 0 aliphatic carbocycles. The summed E-state index contributed by atoms with van der Waals surface area (Å²) < 4.78 is 8.33. The number of fused-ring (bicyclic) bond motifs is 1. The van der Waals surface area contributed by atoms with Crippen molar-refractivity contribution < 1.29 is 9.84 Å². The number of piperidine rings is 1. The van der Waals surface area contributed by atoms with E-state index in [-0.39, 0.29) is 6.61 Å². The maximum atomic E-state index is 9.88. The largest absolute Gasteiger partial charge is 0.475 e. The molecule has 0 saturated carbocycles. The summed E-state index contributed by atoms with van der Waals surface area (Å²) in [4.78, 5) is 15.4. The Hall–Kier alpha value is -3.73.